The largest absolute Gasteiger partial charge is 0.295 e. The summed E-state index contributed by atoms with van der Waals surface area (Å²) in [5.74, 6) is 0.973. The monoisotopic (exact) mass is 276 g/mol. The molecule has 0 atom stereocenters. The lowest BCUT2D eigenvalue weighted by atomic mass is 10.2. The van der Waals surface area contributed by atoms with Crippen molar-refractivity contribution in [3.8, 4) is 0 Å². The zero-order valence-corrected chi connectivity index (χ0v) is 11.6. The lowest BCUT2D eigenvalue weighted by molar-refractivity contribution is 0.101. The first-order valence-corrected chi connectivity index (χ1v) is 7.00. The number of halogens is 1. The maximum absolute atomic E-state index is 11.2. The Morgan fingerprint density at radius 2 is 1.89 bits per heavy atom. The summed E-state index contributed by atoms with van der Waals surface area (Å²) in [6, 6.07) is 15.5. The maximum Gasteiger partial charge on any atom is 0.159 e. The van der Waals surface area contributed by atoms with Crippen LogP contribution < -0.4 is 0 Å². The third-order valence-corrected chi connectivity index (χ3v) is 3.87. The SMILES string of the molecule is CC(=O)c1ccc(SCc2cccc(Cl)c2)cc1. The summed E-state index contributed by atoms with van der Waals surface area (Å²) >= 11 is 7.67. The Balaban J connectivity index is 2.00. The van der Waals surface area contributed by atoms with E-state index in [1.807, 2.05) is 42.5 Å². The third kappa shape index (κ3) is 3.62. The molecule has 0 radical (unpaired) electrons. The van der Waals surface area contributed by atoms with Gasteiger partial charge in [-0.2, -0.15) is 0 Å². The molecule has 0 saturated heterocycles. The summed E-state index contributed by atoms with van der Waals surface area (Å²) in [5.41, 5.74) is 1.95. The van der Waals surface area contributed by atoms with Crippen LogP contribution in [0.25, 0.3) is 0 Å². The molecule has 2 rings (SSSR count). The number of hydrogen-bond donors (Lipinski definition) is 0. The Hall–Kier alpha value is -1.25. The van der Waals surface area contributed by atoms with Gasteiger partial charge in [0.25, 0.3) is 0 Å². The van der Waals surface area contributed by atoms with E-state index in [1.54, 1.807) is 18.7 Å². The molecular formula is C15H13ClOS. The minimum absolute atomic E-state index is 0.0985. The highest BCUT2D eigenvalue weighted by Crippen LogP contribution is 2.24. The second-order valence-electron chi connectivity index (χ2n) is 4.00. The van der Waals surface area contributed by atoms with E-state index >= 15 is 0 Å². The standard InChI is InChI=1S/C15H13ClOS/c1-11(17)13-5-7-15(8-6-13)18-10-12-3-2-4-14(16)9-12/h2-9H,10H2,1H3. The Kier molecular flexibility index (Phi) is 4.45. The number of ketones is 1. The average molecular weight is 277 g/mol. The summed E-state index contributed by atoms with van der Waals surface area (Å²) in [5, 5.41) is 0.764. The Bertz CT molecular complexity index is 549. The second-order valence-corrected chi connectivity index (χ2v) is 5.48. The minimum atomic E-state index is 0.0985. The zero-order chi connectivity index (χ0) is 13.0. The van der Waals surface area contributed by atoms with Crippen LogP contribution in [0.4, 0.5) is 0 Å². The molecule has 0 bridgehead atoms. The van der Waals surface area contributed by atoms with E-state index in [0.717, 1.165) is 21.2 Å². The highest BCUT2D eigenvalue weighted by atomic mass is 35.5. The van der Waals surface area contributed by atoms with Gasteiger partial charge in [0, 0.05) is 21.2 Å². The van der Waals surface area contributed by atoms with Gasteiger partial charge in [-0.25, -0.2) is 0 Å². The number of carbonyl (C=O) groups is 1. The van der Waals surface area contributed by atoms with Crippen LogP contribution in [-0.2, 0) is 5.75 Å². The van der Waals surface area contributed by atoms with E-state index in [4.69, 9.17) is 11.6 Å². The Morgan fingerprint density at radius 1 is 1.17 bits per heavy atom. The first-order chi connectivity index (χ1) is 8.65. The van der Waals surface area contributed by atoms with Gasteiger partial charge in [0.2, 0.25) is 0 Å². The second kappa shape index (κ2) is 6.07. The highest BCUT2D eigenvalue weighted by Gasteiger charge is 2.00. The van der Waals surface area contributed by atoms with Crippen molar-refractivity contribution in [2.24, 2.45) is 0 Å². The molecule has 1 nitrogen and oxygen atoms in total. The molecule has 0 aliphatic rings. The van der Waals surface area contributed by atoms with E-state index < -0.39 is 0 Å². The highest BCUT2D eigenvalue weighted by molar-refractivity contribution is 7.98. The Labute approximate surface area is 116 Å². The first-order valence-electron chi connectivity index (χ1n) is 5.63. The van der Waals surface area contributed by atoms with Crippen LogP contribution in [0.5, 0.6) is 0 Å². The molecule has 0 spiro atoms. The fourth-order valence-corrected chi connectivity index (χ4v) is 2.63. The van der Waals surface area contributed by atoms with Crippen LogP contribution in [0.15, 0.2) is 53.4 Å². The van der Waals surface area contributed by atoms with Crippen molar-refractivity contribution in [1.29, 1.82) is 0 Å². The molecule has 0 heterocycles. The summed E-state index contributed by atoms with van der Waals surface area (Å²) in [6.07, 6.45) is 0. The molecule has 0 aliphatic heterocycles. The predicted molar refractivity (Wildman–Crippen MR) is 77.5 cm³/mol. The van der Waals surface area contributed by atoms with Crippen LogP contribution in [-0.4, -0.2) is 5.78 Å². The van der Waals surface area contributed by atoms with Crippen LogP contribution in [0.3, 0.4) is 0 Å². The van der Waals surface area contributed by atoms with Gasteiger partial charge >= 0.3 is 0 Å². The topological polar surface area (TPSA) is 17.1 Å². The lowest BCUT2D eigenvalue weighted by Gasteiger charge is -2.03. The van der Waals surface area contributed by atoms with Crippen molar-refractivity contribution in [3.63, 3.8) is 0 Å². The molecule has 0 unspecified atom stereocenters. The van der Waals surface area contributed by atoms with Crippen molar-refractivity contribution < 1.29 is 4.79 Å². The molecule has 92 valence electrons. The van der Waals surface area contributed by atoms with Gasteiger partial charge in [0.05, 0.1) is 0 Å². The number of benzene rings is 2. The van der Waals surface area contributed by atoms with E-state index in [0.29, 0.717) is 0 Å². The molecule has 2 aromatic carbocycles. The molecule has 0 amide bonds. The quantitative estimate of drug-likeness (QED) is 0.587. The maximum atomic E-state index is 11.2. The average Bonchev–Trinajstić information content (AvgIpc) is 2.37. The van der Waals surface area contributed by atoms with Crippen molar-refractivity contribution >= 4 is 29.1 Å². The van der Waals surface area contributed by atoms with Gasteiger partial charge in [0.15, 0.2) is 5.78 Å². The van der Waals surface area contributed by atoms with Gasteiger partial charge in [0.1, 0.15) is 0 Å². The normalized spacial score (nSPS) is 10.3. The summed E-state index contributed by atoms with van der Waals surface area (Å²) in [4.78, 5) is 12.3. The smallest absolute Gasteiger partial charge is 0.159 e. The molecule has 0 aliphatic carbocycles. The lowest BCUT2D eigenvalue weighted by Crippen LogP contribution is -1.90. The van der Waals surface area contributed by atoms with Gasteiger partial charge in [-0.3, -0.25) is 4.79 Å². The number of thioether (sulfide) groups is 1. The van der Waals surface area contributed by atoms with E-state index in [9.17, 15) is 4.79 Å². The molecule has 0 N–H and O–H groups in total. The van der Waals surface area contributed by atoms with Crippen LogP contribution in [0, 0.1) is 0 Å². The Morgan fingerprint density at radius 3 is 2.50 bits per heavy atom. The van der Waals surface area contributed by atoms with E-state index in [-0.39, 0.29) is 5.78 Å². The van der Waals surface area contributed by atoms with Crippen LogP contribution in [0.2, 0.25) is 5.02 Å². The van der Waals surface area contributed by atoms with Gasteiger partial charge < -0.3 is 0 Å². The van der Waals surface area contributed by atoms with Crippen molar-refractivity contribution in [1.82, 2.24) is 0 Å². The molecule has 2 aromatic rings. The number of carbonyl (C=O) groups excluding carboxylic acids is 1. The minimum Gasteiger partial charge on any atom is -0.295 e. The number of hydrogen-bond acceptors (Lipinski definition) is 2. The number of Topliss-reactive ketones (excluding diaryl/α,β-unsaturated/α-hetero) is 1. The molecule has 18 heavy (non-hydrogen) atoms. The predicted octanol–water partition coefficient (Wildman–Crippen LogP) is 4.83. The molecule has 0 aromatic heterocycles. The van der Waals surface area contributed by atoms with Crippen molar-refractivity contribution in [2.75, 3.05) is 0 Å². The first kappa shape index (κ1) is 13.2. The van der Waals surface area contributed by atoms with Crippen LogP contribution >= 0.6 is 23.4 Å². The molecule has 0 saturated carbocycles. The third-order valence-electron chi connectivity index (χ3n) is 2.56. The molecular weight excluding hydrogens is 264 g/mol. The molecule has 3 heteroatoms. The van der Waals surface area contributed by atoms with Gasteiger partial charge in [-0.05, 0) is 36.8 Å². The van der Waals surface area contributed by atoms with E-state index in [2.05, 4.69) is 6.07 Å². The zero-order valence-electron chi connectivity index (χ0n) is 10.0. The van der Waals surface area contributed by atoms with Gasteiger partial charge in [-0.1, -0.05) is 35.9 Å². The summed E-state index contributed by atoms with van der Waals surface area (Å²) in [7, 11) is 0. The van der Waals surface area contributed by atoms with Crippen molar-refractivity contribution in [3.05, 3.63) is 64.7 Å². The summed E-state index contributed by atoms with van der Waals surface area (Å²) < 4.78 is 0. The fraction of sp³-hybridized carbons (Fsp3) is 0.133. The van der Waals surface area contributed by atoms with Crippen molar-refractivity contribution in [2.45, 2.75) is 17.6 Å². The fourth-order valence-electron chi connectivity index (χ4n) is 1.58. The van der Waals surface area contributed by atoms with Crippen LogP contribution in [0.1, 0.15) is 22.8 Å². The van der Waals surface area contributed by atoms with Gasteiger partial charge in [-0.15, -0.1) is 11.8 Å². The summed E-state index contributed by atoms with van der Waals surface area (Å²) in [6.45, 7) is 1.58. The molecule has 0 fully saturated rings. The van der Waals surface area contributed by atoms with E-state index in [1.165, 1.54) is 5.56 Å². The number of rotatable bonds is 4.